The molecule has 0 aliphatic heterocycles. The zero-order valence-electron chi connectivity index (χ0n) is 8.17. The van der Waals surface area contributed by atoms with Crippen molar-refractivity contribution in [2.45, 2.75) is 12.5 Å². The minimum absolute atomic E-state index is 0.405. The number of methoxy groups -OCH3 is 1. The second kappa shape index (κ2) is 5.63. The molecule has 1 rings (SSSR count). The number of halogens is 2. The second-order valence-electron chi connectivity index (χ2n) is 3.03. The Bertz CT molecular complexity index is 348. The summed E-state index contributed by atoms with van der Waals surface area (Å²) in [5, 5.41) is 0. The number of esters is 1. The summed E-state index contributed by atoms with van der Waals surface area (Å²) in [6, 6.07) is 5.08. The van der Waals surface area contributed by atoms with Gasteiger partial charge < -0.3 is 10.5 Å². The van der Waals surface area contributed by atoms with Crippen LogP contribution in [-0.2, 0) is 16.0 Å². The third-order valence-electron chi connectivity index (χ3n) is 1.99. The third-order valence-corrected chi connectivity index (χ3v) is 3.48. The monoisotopic (exact) mass is 335 g/mol. The number of hydrogen-bond acceptors (Lipinski definition) is 3. The van der Waals surface area contributed by atoms with Crippen molar-refractivity contribution in [3.05, 3.63) is 32.7 Å². The van der Waals surface area contributed by atoms with E-state index in [4.69, 9.17) is 5.73 Å². The molecule has 0 fully saturated rings. The Kier molecular flexibility index (Phi) is 4.76. The Balaban J connectivity index is 2.85. The Labute approximate surface area is 105 Å². The summed E-state index contributed by atoms with van der Waals surface area (Å²) in [5.74, 6) is -0.405. The smallest absolute Gasteiger partial charge is 0.322 e. The molecule has 0 heterocycles. The van der Waals surface area contributed by atoms with Crippen molar-refractivity contribution in [3.8, 4) is 0 Å². The van der Waals surface area contributed by atoms with Crippen molar-refractivity contribution >= 4 is 37.8 Å². The van der Waals surface area contributed by atoms with Gasteiger partial charge in [-0.2, -0.15) is 0 Å². The largest absolute Gasteiger partial charge is 0.468 e. The molecule has 1 aromatic carbocycles. The molecule has 1 atom stereocenters. The highest BCUT2D eigenvalue weighted by atomic mass is 79.9. The van der Waals surface area contributed by atoms with Gasteiger partial charge in [0.25, 0.3) is 0 Å². The van der Waals surface area contributed by atoms with Crippen LogP contribution in [-0.4, -0.2) is 19.1 Å². The van der Waals surface area contributed by atoms with Crippen LogP contribution in [0.5, 0.6) is 0 Å². The van der Waals surface area contributed by atoms with Gasteiger partial charge in [0.15, 0.2) is 0 Å². The summed E-state index contributed by atoms with van der Waals surface area (Å²) in [4.78, 5) is 11.2. The van der Waals surface area contributed by atoms with Crippen molar-refractivity contribution in [1.82, 2.24) is 0 Å². The number of rotatable bonds is 3. The Morgan fingerprint density at radius 1 is 1.47 bits per heavy atom. The molecule has 3 nitrogen and oxygen atoms in total. The van der Waals surface area contributed by atoms with Crippen LogP contribution in [0.4, 0.5) is 0 Å². The van der Waals surface area contributed by atoms with Crippen LogP contribution in [0.2, 0.25) is 0 Å². The molecule has 0 amide bonds. The van der Waals surface area contributed by atoms with Gasteiger partial charge in [-0.05, 0) is 17.7 Å². The van der Waals surface area contributed by atoms with E-state index in [9.17, 15) is 4.79 Å². The highest BCUT2D eigenvalue weighted by molar-refractivity contribution is 9.11. The number of nitrogens with two attached hydrogens (primary N) is 1. The van der Waals surface area contributed by atoms with E-state index >= 15 is 0 Å². The van der Waals surface area contributed by atoms with Crippen LogP contribution in [0.1, 0.15) is 5.56 Å². The zero-order chi connectivity index (χ0) is 11.4. The lowest BCUT2D eigenvalue weighted by molar-refractivity contribution is -0.142. The van der Waals surface area contributed by atoms with Crippen molar-refractivity contribution in [3.63, 3.8) is 0 Å². The van der Waals surface area contributed by atoms with Gasteiger partial charge in [-0.15, -0.1) is 0 Å². The van der Waals surface area contributed by atoms with Crippen molar-refractivity contribution in [2.75, 3.05) is 7.11 Å². The number of ether oxygens (including phenoxy) is 1. The Hall–Kier alpha value is -0.390. The van der Waals surface area contributed by atoms with E-state index in [2.05, 4.69) is 36.6 Å². The third kappa shape index (κ3) is 3.29. The molecule has 5 heteroatoms. The van der Waals surface area contributed by atoms with E-state index in [1.807, 2.05) is 18.2 Å². The number of benzene rings is 1. The summed E-state index contributed by atoms with van der Waals surface area (Å²) in [6.45, 7) is 0. The van der Waals surface area contributed by atoms with Gasteiger partial charge in [-0.25, -0.2) is 0 Å². The molecular weight excluding hydrogens is 326 g/mol. The van der Waals surface area contributed by atoms with Gasteiger partial charge in [0.05, 0.1) is 7.11 Å². The predicted molar refractivity (Wildman–Crippen MR) is 65.5 cm³/mol. The van der Waals surface area contributed by atoms with E-state index in [0.29, 0.717) is 6.42 Å². The summed E-state index contributed by atoms with van der Waals surface area (Å²) < 4.78 is 6.42. The first-order valence-corrected chi connectivity index (χ1v) is 5.91. The summed E-state index contributed by atoms with van der Waals surface area (Å²) in [7, 11) is 1.33. The molecule has 0 aromatic heterocycles. The SMILES string of the molecule is COC(=O)[C@@H](N)Cc1c(Br)cccc1Br. The molecule has 0 radical (unpaired) electrons. The van der Waals surface area contributed by atoms with Gasteiger partial charge in [-0.1, -0.05) is 37.9 Å². The maximum absolute atomic E-state index is 11.2. The normalized spacial score (nSPS) is 12.3. The molecule has 82 valence electrons. The highest BCUT2D eigenvalue weighted by Crippen LogP contribution is 2.26. The first-order valence-electron chi connectivity index (χ1n) is 4.32. The number of hydrogen-bond donors (Lipinski definition) is 1. The maximum Gasteiger partial charge on any atom is 0.322 e. The molecule has 0 unspecified atom stereocenters. The minimum atomic E-state index is -0.634. The quantitative estimate of drug-likeness (QED) is 0.861. The number of carbonyl (C=O) groups is 1. The van der Waals surface area contributed by atoms with Crippen LogP contribution in [0, 0.1) is 0 Å². The minimum Gasteiger partial charge on any atom is -0.468 e. The van der Waals surface area contributed by atoms with Crippen LogP contribution >= 0.6 is 31.9 Å². The van der Waals surface area contributed by atoms with E-state index < -0.39 is 12.0 Å². The standard InChI is InChI=1S/C10H11Br2NO2/c1-15-10(14)9(13)5-6-7(11)3-2-4-8(6)12/h2-4,9H,5,13H2,1H3/t9-/m0/s1. The Morgan fingerprint density at radius 2 is 2.00 bits per heavy atom. The average Bonchev–Trinajstić information content (AvgIpc) is 2.22. The molecule has 0 aliphatic carbocycles. The fourth-order valence-electron chi connectivity index (χ4n) is 1.18. The van der Waals surface area contributed by atoms with E-state index in [0.717, 1.165) is 14.5 Å². The van der Waals surface area contributed by atoms with Crippen molar-refractivity contribution in [1.29, 1.82) is 0 Å². The first-order chi connectivity index (χ1) is 7.06. The molecule has 2 N–H and O–H groups in total. The lowest BCUT2D eigenvalue weighted by atomic mass is 10.1. The lowest BCUT2D eigenvalue weighted by Crippen LogP contribution is -2.33. The molecule has 0 saturated heterocycles. The van der Waals surface area contributed by atoms with E-state index in [1.165, 1.54) is 7.11 Å². The highest BCUT2D eigenvalue weighted by Gasteiger charge is 2.17. The molecule has 0 saturated carbocycles. The van der Waals surface area contributed by atoms with Crippen LogP contribution in [0.15, 0.2) is 27.1 Å². The predicted octanol–water partition coefficient (Wildman–Crippen LogP) is 2.25. The topological polar surface area (TPSA) is 52.3 Å². The molecule has 0 aliphatic rings. The van der Waals surface area contributed by atoms with Crippen molar-refractivity contribution < 1.29 is 9.53 Å². The molecule has 15 heavy (non-hydrogen) atoms. The fraction of sp³-hybridized carbons (Fsp3) is 0.300. The lowest BCUT2D eigenvalue weighted by Gasteiger charge is -2.12. The molecule has 0 spiro atoms. The van der Waals surface area contributed by atoms with Gasteiger partial charge in [0, 0.05) is 15.4 Å². The molecular formula is C10H11Br2NO2. The maximum atomic E-state index is 11.2. The van der Waals surface area contributed by atoms with Crippen LogP contribution < -0.4 is 5.73 Å². The average molecular weight is 337 g/mol. The van der Waals surface area contributed by atoms with Crippen molar-refractivity contribution in [2.24, 2.45) is 5.73 Å². The van der Waals surface area contributed by atoms with E-state index in [1.54, 1.807) is 0 Å². The number of carbonyl (C=O) groups excluding carboxylic acids is 1. The summed E-state index contributed by atoms with van der Waals surface area (Å²) in [5.41, 5.74) is 6.65. The van der Waals surface area contributed by atoms with Gasteiger partial charge >= 0.3 is 5.97 Å². The molecule has 0 bridgehead atoms. The summed E-state index contributed by atoms with van der Waals surface area (Å²) >= 11 is 6.82. The van der Waals surface area contributed by atoms with E-state index in [-0.39, 0.29) is 0 Å². The fourth-order valence-corrected chi connectivity index (χ4v) is 2.50. The Morgan fingerprint density at radius 3 is 2.47 bits per heavy atom. The van der Waals surface area contributed by atoms with Gasteiger partial charge in [-0.3, -0.25) is 4.79 Å². The first kappa shape index (κ1) is 12.7. The van der Waals surface area contributed by atoms with Gasteiger partial charge in [0.1, 0.15) is 6.04 Å². The molecule has 1 aromatic rings. The van der Waals surface area contributed by atoms with Crippen LogP contribution in [0.3, 0.4) is 0 Å². The second-order valence-corrected chi connectivity index (χ2v) is 4.74. The summed E-state index contributed by atoms with van der Waals surface area (Å²) in [6.07, 6.45) is 0.439. The van der Waals surface area contributed by atoms with Crippen LogP contribution in [0.25, 0.3) is 0 Å². The zero-order valence-corrected chi connectivity index (χ0v) is 11.3. The van der Waals surface area contributed by atoms with Gasteiger partial charge in [0.2, 0.25) is 0 Å².